The van der Waals surface area contributed by atoms with Crippen molar-refractivity contribution in [2.24, 2.45) is 5.73 Å². The zero-order valence-electron chi connectivity index (χ0n) is 16.4. The normalized spacial score (nSPS) is 13.3. The summed E-state index contributed by atoms with van der Waals surface area (Å²) < 4.78 is 18.6. The first-order valence-corrected chi connectivity index (χ1v) is 10.1. The van der Waals surface area contributed by atoms with Crippen LogP contribution in [0, 0.1) is 5.82 Å². The number of ether oxygens (including phenoxy) is 1. The Morgan fingerprint density at radius 1 is 0.857 bits per heavy atom. The predicted molar refractivity (Wildman–Crippen MR) is 110 cm³/mol. The van der Waals surface area contributed by atoms with Crippen LogP contribution in [-0.4, -0.2) is 35.6 Å². The molecule has 0 bridgehead atoms. The molecule has 4 N–H and O–H groups in total. The summed E-state index contributed by atoms with van der Waals surface area (Å²) in [6.07, 6.45) is 5.90. The fourth-order valence-corrected chi connectivity index (χ4v) is 3.03. The molecule has 0 aliphatic rings. The largest absolute Gasteiger partial charge is 0.494 e. The van der Waals surface area contributed by atoms with Gasteiger partial charge in [-0.05, 0) is 67.5 Å². The van der Waals surface area contributed by atoms with Crippen LogP contribution >= 0.6 is 0 Å². The van der Waals surface area contributed by atoms with Gasteiger partial charge in [0.15, 0.2) is 0 Å². The molecule has 2 unspecified atom stereocenters. The number of aryl methyl sites for hydroxylation is 2. The van der Waals surface area contributed by atoms with E-state index in [0.717, 1.165) is 43.4 Å². The second-order valence-electron chi connectivity index (χ2n) is 7.24. The summed E-state index contributed by atoms with van der Waals surface area (Å²) >= 11 is 0. The molecular formula is C23H32FNO3. The molecular weight excluding hydrogens is 357 g/mol. The van der Waals surface area contributed by atoms with Crippen LogP contribution in [0.3, 0.4) is 0 Å². The number of hydrogen-bond donors (Lipinski definition) is 3. The summed E-state index contributed by atoms with van der Waals surface area (Å²) in [6, 6.07) is 14.0. The lowest BCUT2D eigenvalue weighted by atomic mass is 10.0. The van der Waals surface area contributed by atoms with E-state index in [1.807, 2.05) is 36.4 Å². The Bertz CT molecular complexity index is 661. The summed E-state index contributed by atoms with van der Waals surface area (Å²) in [6.45, 7) is 0.486. The van der Waals surface area contributed by atoms with E-state index in [-0.39, 0.29) is 12.4 Å². The topological polar surface area (TPSA) is 75.7 Å². The van der Waals surface area contributed by atoms with Crippen LogP contribution in [0.2, 0.25) is 0 Å². The van der Waals surface area contributed by atoms with Gasteiger partial charge in [-0.3, -0.25) is 0 Å². The predicted octanol–water partition coefficient (Wildman–Crippen LogP) is 3.62. The molecule has 5 heteroatoms. The van der Waals surface area contributed by atoms with Crippen LogP contribution in [-0.2, 0) is 12.8 Å². The maximum absolute atomic E-state index is 12.9. The van der Waals surface area contributed by atoms with Crippen molar-refractivity contribution in [2.75, 3.05) is 13.2 Å². The van der Waals surface area contributed by atoms with Gasteiger partial charge in [-0.25, -0.2) is 4.39 Å². The molecule has 154 valence electrons. The van der Waals surface area contributed by atoms with Crippen LogP contribution in [0.25, 0.3) is 0 Å². The number of rotatable bonds is 13. The third kappa shape index (κ3) is 8.38. The average Bonchev–Trinajstić information content (AvgIpc) is 2.72. The molecule has 0 heterocycles. The summed E-state index contributed by atoms with van der Waals surface area (Å²) in [5, 5.41) is 18.7. The number of nitrogens with two attached hydrogens (primary N) is 1. The lowest BCUT2D eigenvalue weighted by Crippen LogP contribution is -2.38. The molecule has 0 aliphatic heterocycles. The van der Waals surface area contributed by atoms with Crippen molar-refractivity contribution in [3.05, 3.63) is 65.5 Å². The summed E-state index contributed by atoms with van der Waals surface area (Å²) in [4.78, 5) is 0. The summed E-state index contributed by atoms with van der Waals surface area (Å²) in [7, 11) is 0. The molecule has 0 saturated heterocycles. The van der Waals surface area contributed by atoms with Gasteiger partial charge >= 0.3 is 0 Å². The van der Waals surface area contributed by atoms with Gasteiger partial charge in [0, 0.05) is 0 Å². The SMILES string of the molecule is NC(CO)C(O)CCc1ccc(OCCCCCCc2ccc(F)cc2)cc1. The lowest BCUT2D eigenvalue weighted by molar-refractivity contribution is 0.102. The zero-order chi connectivity index (χ0) is 20.2. The minimum atomic E-state index is -0.691. The fourth-order valence-electron chi connectivity index (χ4n) is 3.03. The zero-order valence-corrected chi connectivity index (χ0v) is 16.4. The second kappa shape index (κ2) is 12.5. The molecule has 2 rings (SSSR count). The summed E-state index contributed by atoms with van der Waals surface area (Å²) in [5.41, 5.74) is 7.90. The van der Waals surface area contributed by atoms with E-state index >= 15 is 0 Å². The van der Waals surface area contributed by atoms with Crippen molar-refractivity contribution in [1.82, 2.24) is 0 Å². The second-order valence-corrected chi connectivity index (χ2v) is 7.24. The first kappa shape index (κ1) is 22.3. The van der Waals surface area contributed by atoms with Gasteiger partial charge in [-0.15, -0.1) is 0 Å². The van der Waals surface area contributed by atoms with Crippen LogP contribution in [0.5, 0.6) is 5.75 Å². The van der Waals surface area contributed by atoms with Gasteiger partial charge in [0.05, 0.1) is 25.4 Å². The van der Waals surface area contributed by atoms with Crippen LogP contribution in [0.15, 0.2) is 48.5 Å². The highest BCUT2D eigenvalue weighted by atomic mass is 19.1. The molecule has 0 spiro atoms. The Morgan fingerprint density at radius 2 is 1.46 bits per heavy atom. The molecule has 0 aliphatic carbocycles. The lowest BCUT2D eigenvalue weighted by Gasteiger charge is -2.16. The van der Waals surface area contributed by atoms with Crippen molar-refractivity contribution < 1.29 is 19.3 Å². The number of unbranched alkanes of at least 4 members (excludes halogenated alkanes) is 3. The van der Waals surface area contributed by atoms with Crippen molar-refractivity contribution in [1.29, 1.82) is 0 Å². The highest BCUT2D eigenvalue weighted by Gasteiger charge is 2.13. The molecule has 28 heavy (non-hydrogen) atoms. The number of aliphatic hydroxyl groups excluding tert-OH is 2. The first-order valence-electron chi connectivity index (χ1n) is 10.1. The van der Waals surface area contributed by atoms with Crippen molar-refractivity contribution in [3.63, 3.8) is 0 Å². The maximum Gasteiger partial charge on any atom is 0.123 e. The van der Waals surface area contributed by atoms with E-state index in [0.29, 0.717) is 19.4 Å². The maximum atomic E-state index is 12.9. The van der Waals surface area contributed by atoms with Crippen molar-refractivity contribution in [2.45, 2.75) is 57.1 Å². The Labute approximate surface area is 167 Å². The Hall–Kier alpha value is -1.95. The molecule has 4 nitrogen and oxygen atoms in total. The van der Waals surface area contributed by atoms with Gasteiger partial charge in [0.2, 0.25) is 0 Å². The molecule has 0 amide bonds. The van der Waals surface area contributed by atoms with Gasteiger partial charge < -0.3 is 20.7 Å². The van der Waals surface area contributed by atoms with Gasteiger partial charge in [-0.2, -0.15) is 0 Å². The van der Waals surface area contributed by atoms with Crippen molar-refractivity contribution in [3.8, 4) is 5.75 Å². The van der Waals surface area contributed by atoms with E-state index in [1.165, 1.54) is 17.7 Å². The molecule has 0 radical (unpaired) electrons. The smallest absolute Gasteiger partial charge is 0.123 e. The summed E-state index contributed by atoms with van der Waals surface area (Å²) in [5.74, 6) is 0.667. The van der Waals surface area contributed by atoms with Gasteiger partial charge in [0.25, 0.3) is 0 Å². The molecule has 0 saturated carbocycles. The Balaban J connectivity index is 1.54. The standard InChI is InChI=1S/C23H32FNO3/c24-20-11-6-18(7-12-20)5-3-1-2-4-16-28-21-13-8-19(9-14-21)10-15-23(27)22(25)17-26/h6-9,11-14,22-23,26-27H,1-5,10,15-17,25H2. The number of hydrogen-bond acceptors (Lipinski definition) is 4. The molecule has 0 aromatic heterocycles. The van der Waals surface area contributed by atoms with Gasteiger partial charge in [0.1, 0.15) is 11.6 Å². The van der Waals surface area contributed by atoms with Crippen LogP contribution in [0.1, 0.15) is 43.2 Å². The van der Waals surface area contributed by atoms with E-state index < -0.39 is 12.1 Å². The number of halogens is 1. The molecule has 0 fully saturated rings. The third-order valence-corrected chi connectivity index (χ3v) is 4.90. The van der Waals surface area contributed by atoms with Crippen LogP contribution in [0.4, 0.5) is 4.39 Å². The highest BCUT2D eigenvalue weighted by Crippen LogP contribution is 2.15. The van der Waals surface area contributed by atoms with E-state index in [4.69, 9.17) is 15.6 Å². The monoisotopic (exact) mass is 389 g/mol. The van der Waals surface area contributed by atoms with Crippen molar-refractivity contribution >= 4 is 0 Å². The van der Waals surface area contributed by atoms with Gasteiger partial charge in [-0.1, -0.05) is 37.1 Å². The number of aliphatic hydroxyl groups is 2. The highest BCUT2D eigenvalue weighted by molar-refractivity contribution is 5.27. The average molecular weight is 390 g/mol. The Morgan fingerprint density at radius 3 is 2.14 bits per heavy atom. The van der Waals surface area contributed by atoms with E-state index in [9.17, 15) is 9.50 Å². The third-order valence-electron chi connectivity index (χ3n) is 4.90. The fraction of sp³-hybridized carbons (Fsp3) is 0.478. The van der Waals surface area contributed by atoms with E-state index in [2.05, 4.69) is 0 Å². The minimum Gasteiger partial charge on any atom is -0.494 e. The quantitative estimate of drug-likeness (QED) is 0.457. The first-order chi connectivity index (χ1) is 13.6. The molecule has 2 atom stereocenters. The molecule has 2 aromatic rings. The molecule has 2 aromatic carbocycles. The van der Waals surface area contributed by atoms with Crippen LogP contribution < -0.4 is 10.5 Å². The Kier molecular flexibility index (Phi) is 9.97. The number of benzene rings is 2. The van der Waals surface area contributed by atoms with E-state index in [1.54, 1.807) is 0 Å². The minimum absolute atomic E-state index is 0.183.